The van der Waals surface area contributed by atoms with Crippen LogP contribution in [-0.4, -0.2) is 29.2 Å². The Morgan fingerprint density at radius 3 is 2.76 bits per heavy atom. The Bertz CT molecular complexity index is 1130. The van der Waals surface area contributed by atoms with Crippen LogP contribution in [0.5, 0.6) is 5.75 Å². The van der Waals surface area contributed by atoms with Crippen LogP contribution in [0.3, 0.4) is 0 Å². The number of hydrogen-bond acceptors (Lipinski definition) is 3. The summed E-state index contributed by atoms with van der Waals surface area (Å²) in [6, 6.07) is 6.93. The van der Waals surface area contributed by atoms with Crippen molar-refractivity contribution in [2.24, 2.45) is 7.05 Å². The smallest absolute Gasteiger partial charge is 0.292 e. The van der Waals surface area contributed by atoms with E-state index in [1.54, 1.807) is 11.6 Å². The third-order valence-corrected chi connectivity index (χ3v) is 6.56. The molecule has 0 aliphatic carbocycles. The second kappa shape index (κ2) is 7.06. The summed E-state index contributed by atoms with van der Waals surface area (Å²) in [4.78, 5) is 16.2. The third-order valence-electron chi connectivity index (χ3n) is 6.56. The maximum absolute atomic E-state index is 12.5. The summed E-state index contributed by atoms with van der Waals surface area (Å²) in [6.07, 6.45) is 5.16. The summed E-state index contributed by atoms with van der Waals surface area (Å²) in [6.45, 7) is 7.29. The molecule has 4 heterocycles. The molecule has 0 unspecified atom stereocenters. The molecule has 1 fully saturated rings. The number of fused-ring (bicyclic) bond motifs is 2. The summed E-state index contributed by atoms with van der Waals surface area (Å²) in [5.74, 6) is 1.53. The molecule has 0 saturated carbocycles. The number of H-pyrrole nitrogens is 1. The van der Waals surface area contributed by atoms with E-state index in [-0.39, 0.29) is 5.56 Å². The van der Waals surface area contributed by atoms with Gasteiger partial charge < -0.3 is 19.6 Å². The zero-order valence-corrected chi connectivity index (χ0v) is 17.5. The van der Waals surface area contributed by atoms with Crippen molar-refractivity contribution in [1.82, 2.24) is 14.9 Å². The monoisotopic (exact) mass is 391 g/mol. The maximum atomic E-state index is 12.5. The van der Waals surface area contributed by atoms with E-state index in [1.165, 1.54) is 34.9 Å². The molecule has 1 aromatic carbocycles. The molecule has 5 heteroatoms. The average molecular weight is 392 g/mol. The molecule has 3 aromatic rings. The van der Waals surface area contributed by atoms with Crippen LogP contribution in [-0.2, 0) is 13.5 Å². The minimum Gasteiger partial charge on any atom is -0.487 e. The molecule has 0 amide bonds. The van der Waals surface area contributed by atoms with Crippen LogP contribution in [0.2, 0.25) is 0 Å². The predicted octanol–water partition coefficient (Wildman–Crippen LogP) is 4.06. The van der Waals surface area contributed by atoms with Crippen LogP contribution in [0.1, 0.15) is 55.2 Å². The minimum absolute atomic E-state index is 0.0448. The zero-order valence-electron chi connectivity index (χ0n) is 17.5. The molecule has 5 nitrogen and oxygen atoms in total. The number of nitrogens with zero attached hydrogens (tertiary/aromatic N) is 1. The standard InChI is InChI=1S/C24H29N3O2/c1-14(2)21-18-12-16(15-6-9-25-10-7-15)4-5-20(18)26-22(21)19-13-27(3)24(28)23-17(19)8-11-29-23/h4-5,12-15,25-26H,6-11H2,1-3H3. The predicted molar refractivity (Wildman–Crippen MR) is 117 cm³/mol. The molecular formula is C24H29N3O2. The fraction of sp³-hybridized carbons (Fsp3) is 0.458. The van der Waals surface area contributed by atoms with Gasteiger partial charge in [-0.1, -0.05) is 19.9 Å². The van der Waals surface area contributed by atoms with Crippen molar-refractivity contribution < 1.29 is 4.74 Å². The Balaban J connectivity index is 1.71. The Morgan fingerprint density at radius 2 is 2.00 bits per heavy atom. The minimum atomic E-state index is -0.0448. The lowest BCUT2D eigenvalue weighted by molar-refractivity contribution is 0.350. The van der Waals surface area contributed by atoms with Crippen molar-refractivity contribution in [2.75, 3.05) is 19.7 Å². The lowest BCUT2D eigenvalue weighted by Gasteiger charge is -2.23. The quantitative estimate of drug-likeness (QED) is 0.708. The third kappa shape index (κ3) is 2.99. The van der Waals surface area contributed by atoms with Crippen molar-refractivity contribution >= 4 is 10.9 Å². The van der Waals surface area contributed by atoms with E-state index in [0.717, 1.165) is 36.3 Å². The van der Waals surface area contributed by atoms with Crippen molar-refractivity contribution in [3.63, 3.8) is 0 Å². The first-order valence-corrected chi connectivity index (χ1v) is 10.8. The fourth-order valence-electron chi connectivity index (χ4n) is 5.06. The molecule has 0 spiro atoms. The number of benzene rings is 1. The van der Waals surface area contributed by atoms with Gasteiger partial charge >= 0.3 is 0 Å². The summed E-state index contributed by atoms with van der Waals surface area (Å²) in [5, 5.41) is 4.78. The largest absolute Gasteiger partial charge is 0.487 e. The number of piperidine rings is 1. The van der Waals surface area contributed by atoms with Gasteiger partial charge in [-0.2, -0.15) is 0 Å². The number of hydrogen-bond donors (Lipinski definition) is 2. The number of nitrogens with one attached hydrogen (secondary N) is 2. The molecule has 1 saturated heterocycles. The SMILES string of the molecule is CC(C)c1c(-c2cn(C)c(=O)c3c2CCO3)[nH]c2ccc(C3CCNCC3)cc12. The first-order valence-electron chi connectivity index (χ1n) is 10.8. The summed E-state index contributed by atoms with van der Waals surface area (Å²) >= 11 is 0. The Labute approximate surface area is 171 Å². The first kappa shape index (κ1) is 18.5. The van der Waals surface area contributed by atoms with Gasteiger partial charge in [0.2, 0.25) is 0 Å². The van der Waals surface area contributed by atoms with E-state index in [1.807, 2.05) is 6.20 Å². The van der Waals surface area contributed by atoms with Crippen molar-refractivity contribution in [3.8, 4) is 17.0 Å². The number of rotatable bonds is 3. The molecule has 2 aromatic heterocycles. The van der Waals surface area contributed by atoms with Gasteiger partial charge in [0.05, 0.1) is 12.3 Å². The van der Waals surface area contributed by atoms with Crippen LogP contribution in [0.4, 0.5) is 0 Å². The van der Waals surface area contributed by atoms with E-state index in [9.17, 15) is 4.79 Å². The molecule has 0 radical (unpaired) electrons. The highest BCUT2D eigenvalue weighted by Crippen LogP contribution is 2.40. The number of pyridine rings is 1. The van der Waals surface area contributed by atoms with Crippen LogP contribution in [0.25, 0.3) is 22.2 Å². The number of ether oxygens (including phenoxy) is 1. The fourth-order valence-corrected chi connectivity index (χ4v) is 5.06. The van der Waals surface area contributed by atoms with Crippen LogP contribution in [0.15, 0.2) is 29.2 Å². The number of aromatic amines is 1. The highest BCUT2D eigenvalue weighted by atomic mass is 16.5. The van der Waals surface area contributed by atoms with Gasteiger partial charge in [-0.3, -0.25) is 4.79 Å². The lowest BCUT2D eigenvalue weighted by atomic mass is 9.88. The maximum Gasteiger partial charge on any atom is 0.292 e. The van der Waals surface area contributed by atoms with Crippen molar-refractivity contribution in [3.05, 3.63) is 51.4 Å². The number of aryl methyl sites for hydroxylation is 1. The number of aromatic nitrogens is 2. The summed E-state index contributed by atoms with van der Waals surface area (Å²) < 4.78 is 7.34. The molecule has 0 atom stereocenters. The Hall–Kier alpha value is -2.53. The molecule has 0 bridgehead atoms. The van der Waals surface area contributed by atoms with Gasteiger partial charge in [0.15, 0.2) is 5.75 Å². The molecule has 152 valence electrons. The molecule has 2 aliphatic heterocycles. The topological polar surface area (TPSA) is 59.0 Å². The summed E-state index contributed by atoms with van der Waals surface area (Å²) in [7, 11) is 1.81. The lowest BCUT2D eigenvalue weighted by Crippen LogP contribution is -2.26. The van der Waals surface area contributed by atoms with Crippen molar-refractivity contribution in [1.29, 1.82) is 0 Å². The van der Waals surface area contributed by atoms with Crippen LogP contribution >= 0.6 is 0 Å². The van der Waals surface area contributed by atoms with Gasteiger partial charge in [-0.05, 0) is 61.0 Å². The zero-order chi connectivity index (χ0) is 20.1. The molecule has 29 heavy (non-hydrogen) atoms. The van der Waals surface area contributed by atoms with Gasteiger partial charge in [0.25, 0.3) is 5.56 Å². The van der Waals surface area contributed by atoms with E-state index in [0.29, 0.717) is 24.2 Å². The van der Waals surface area contributed by atoms with Crippen LogP contribution in [0, 0.1) is 0 Å². The molecule has 5 rings (SSSR count). The Morgan fingerprint density at radius 1 is 1.21 bits per heavy atom. The average Bonchev–Trinajstić information content (AvgIpc) is 3.36. The van der Waals surface area contributed by atoms with E-state index >= 15 is 0 Å². The van der Waals surface area contributed by atoms with E-state index in [4.69, 9.17) is 4.74 Å². The summed E-state index contributed by atoms with van der Waals surface area (Å²) in [5.41, 5.74) is 7.18. The highest BCUT2D eigenvalue weighted by Gasteiger charge is 2.26. The molecule has 2 aliphatic rings. The van der Waals surface area contributed by atoms with E-state index in [2.05, 4.69) is 42.3 Å². The van der Waals surface area contributed by atoms with Gasteiger partial charge in [-0.15, -0.1) is 0 Å². The normalized spacial score (nSPS) is 17.1. The second-order valence-corrected chi connectivity index (χ2v) is 8.76. The molecule has 2 N–H and O–H groups in total. The van der Waals surface area contributed by atoms with Gasteiger partial charge in [0.1, 0.15) is 0 Å². The second-order valence-electron chi connectivity index (χ2n) is 8.76. The first-order chi connectivity index (χ1) is 14.0. The van der Waals surface area contributed by atoms with Crippen LogP contribution < -0.4 is 15.6 Å². The van der Waals surface area contributed by atoms with E-state index < -0.39 is 0 Å². The van der Waals surface area contributed by atoms with Gasteiger partial charge in [-0.25, -0.2) is 0 Å². The molecular weight excluding hydrogens is 362 g/mol. The van der Waals surface area contributed by atoms with Crippen molar-refractivity contribution in [2.45, 2.75) is 44.9 Å². The Kier molecular flexibility index (Phi) is 4.50. The highest BCUT2D eigenvalue weighted by molar-refractivity contribution is 5.92. The van der Waals surface area contributed by atoms with Gasteiger partial charge in [0, 0.05) is 41.7 Å².